The Kier molecular flexibility index (Phi) is 20.4. The molecule has 0 saturated heterocycles. The summed E-state index contributed by atoms with van der Waals surface area (Å²) >= 11 is 0. The van der Waals surface area contributed by atoms with E-state index in [1.165, 1.54) is 42.4 Å². The molecule has 0 aliphatic carbocycles. The lowest BCUT2D eigenvalue weighted by Crippen LogP contribution is -2.06. The van der Waals surface area contributed by atoms with Crippen molar-refractivity contribution in [1.82, 2.24) is 0 Å². The molecule has 25 heavy (non-hydrogen) atoms. The van der Waals surface area contributed by atoms with Gasteiger partial charge < -0.3 is 0 Å². The van der Waals surface area contributed by atoms with E-state index in [9.17, 15) is 0 Å². The fraction of sp³-hybridized carbons (Fsp3) is 0.667. The standard InChI is InChI=1S/C13H26.C8H10.C3H8.HO/c1-7-13(8-10(2)3)9-12(6)11(4)5;1-7-3-5-8(2)6-4-7;1-3-2;/h10-11,13H,6-9H2,1-5H3;3-6H,1-2H3;3H2,1-2H3;1H. The summed E-state index contributed by atoms with van der Waals surface area (Å²) in [6.45, 7) is 24.0. The van der Waals surface area contributed by atoms with E-state index < -0.39 is 0 Å². The number of hydrogen-bond donors (Lipinski definition) is 1. The molecule has 0 aliphatic rings. The Morgan fingerprint density at radius 3 is 1.48 bits per heavy atom. The summed E-state index contributed by atoms with van der Waals surface area (Å²) in [6, 6.07) is 8.48. The van der Waals surface area contributed by atoms with Crippen LogP contribution in [0.1, 0.15) is 85.3 Å². The second-order valence-electron chi connectivity index (χ2n) is 7.78. The fourth-order valence-corrected chi connectivity index (χ4v) is 2.30. The molecule has 1 aromatic rings. The van der Waals surface area contributed by atoms with Crippen LogP contribution in [-0.4, -0.2) is 5.48 Å². The van der Waals surface area contributed by atoms with Gasteiger partial charge in [0.05, 0.1) is 0 Å². The minimum Gasteiger partial charge on any atom is -0.255 e. The molecule has 1 radical (unpaired) electrons. The van der Waals surface area contributed by atoms with Crippen LogP contribution in [0, 0.1) is 31.6 Å². The van der Waals surface area contributed by atoms with Gasteiger partial charge in [-0.15, -0.1) is 0 Å². The van der Waals surface area contributed by atoms with Gasteiger partial charge in [-0.05, 0) is 44.4 Å². The first-order chi connectivity index (χ1) is 11.2. The highest BCUT2D eigenvalue weighted by Gasteiger charge is 2.11. The maximum atomic E-state index is 4.15. The molecule has 0 amide bonds. The third-order valence-corrected chi connectivity index (χ3v) is 3.97. The Hall–Kier alpha value is -1.08. The van der Waals surface area contributed by atoms with E-state index in [0.29, 0.717) is 5.92 Å². The molecule has 0 spiro atoms. The van der Waals surface area contributed by atoms with Gasteiger partial charge in [-0.3, -0.25) is 5.48 Å². The second kappa shape index (κ2) is 17.7. The maximum Gasteiger partial charge on any atom is -0.0263 e. The molecule has 0 saturated carbocycles. The van der Waals surface area contributed by atoms with Crippen LogP contribution in [0.2, 0.25) is 0 Å². The molecule has 0 aromatic heterocycles. The topological polar surface area (TPSA) is 30.0 Å². The minimum absolute atomic E-state index is 0. The van der Waals surface area contributed by atoms with E-state index >= 15 is 0 Å². The molecule has 0 fully saturated rings. The average Bonchev–Trinajstić information content (AvgIpc) is 2.50. The van der Waals surface area contributed by atoms with Crippen molar-refractivity contribution in [2.24, 2.45) is 17.8 Å². The van der Waals surface area contributed by atoms with E-state index in [1.54, 1.807) is 0 Å². The largest absolute Gasteiger partial charge is 0.255 e. The third-order valence-electron chi connectivity index (χ3n) is 3.97. The van der Waals surface area contributed by atoms with Crippen LogP contribution in [-0.2, 0) is 0 Å². The Labute approximate surface area is 159 Å². The smallest absolute Gasteiger partial charge is 0.0263 e. The molecule has 1 atom stereocenters. The van der Waals surface area contributed by atoms with Gasteiger partial charge in [-0.25, -0.2) is 0 Å². The van der Waals surface area contributed by atoms with E-state index in [0.717, 1.165) is 11.8 Å². The molecule has 0 bridgehead atoms. The van der Waals surface area contributed by atoms with Crippen LogP contribution in [0.15, 0.2) is 36.4 Å². The molecule has 147 valence electrons. The van der Waals surface area contributed by atoms with Crippen LogP contribution >= 0.6 is 0 Å². The van der Waals surface area contributed by atoms with Crippen molar-refractivity contribution in [1.29, 1.82) is 0 Å². The lowest BCUT2D eigenvalue weighted by Gasteiger charge is -2.20. The van der Waals surface area contributed by atoms with E-state index in [1.807, 2.05) is 0 Å². The summed E-state index contributed by atoms with van der Waals surface area (Å²) in [5.41, 5.74) is 4.08. The van der Waals surface area contributed by atoms with Crippen LogP contribution in [0.5, 0.6) is 0 Å². The van der Waals surface area contributed by atoms with Gasteiger partial charge in [-0.2, -0.15) is 0 Å². The lowest BCUT2D eigenvalue weighted by molar-refractivity contribution is 0.387. The maximum absolute atomic E-state index is 4.15. The van der Waals surface area contributed by atoms with Crippen LogP contribution in [0.4, 0.5) is 0 Å². The van der Waals surface area contributed by atoms with Gasteiger partial charge in [0.15, 0.2) is 0 Å². The van der Waals surface area contributed by atoms with E-state index in [4.69, 9.17) is 0 Å². The molecular formula is C24H45O. The molecule has 1 N–H and O–H groups in total. The molecule has 1 aromatic carbocycles. The predicted molar refractivity (Wildman–Crippen MR) is 116 cm³/mol. The van der Waals surface area contributed by atoms with Crippen LogP contribution < -0.4 is 0 Å². The van der Waals surface area contributed by atoms with Crippen molar-refractivity contribution in [3.05, 3.63) is 47.5 Å². The van der Waals surface area contributed by atoms with Gasteiger partial charge in [-0.1, -0.05) is 109 Å². The highest BCUT2D eigenvalue weighted by molar-refractivity contribution is 5.19. The van der Waals surface area contributed by atoms with Gasteiger partial charge >= 0.3 is 0 Å². The molecular weight excluding hydrogens is 304 g/mol. The molecule has 0 heterocycles. The van der Waals surface area contributed by atoms with Gasteiger partial charge in [0.2, 0.25) is 0 Å². The monoisotopic (exact) mass is 349 g/mol. The van der Waals surface area contributed by atoms with Crippen LogP contribution in [0.25, 0.3) is 0 Å². The normalized spacial score (nSPS) is 10.8. The number of hydrogen-bond acceptors (Lipinski definition) is 0. The Balaban J connectivity index is -0.000000344. The third kappa shape index (κ3) is 19.1. The summed E-state index contributed by atoms with van der Waals surface area (Å²) in [7, 11) is 0. The van der Waals surface area contributed by atoms with Crippen molar-refractivity contribution in [3.8, 4) is 0 Å². The number of rotatable bonds is 6. The van der Waals surface area contributed by atoms with Crippen molar-refractivity contribution >= 4 is 0 Å². The first-order valence-electron chi connectivity index (χ1n) is 9.88. The van der Waals surface area contributed by atoms with Gasteiger partial charge in [0.25, 0.3) is 0 Å². The number of benzene rings is 1. The van der Waals surface area contributed by atoms with E-state index in [-0.39, 0.29) is 5.48 Å². The molecule has 1 unspecified atom stereocenters. The summed E-state index contributed by atoms with van der Waals surface area (Å²) in [4.78, 5) is 0. The molecule has 1 rings (SSSR count). The summed E-state index contributed by atoms with van der Waals surface area (Å²) in [5, 5.41) is 0. The van der Waals surface area contributed by atoms with Crippen molar-refractivity contribution in [2.75, 3.05) is 0 Å². The summed E-state index contributed by atoms with van der Waals surface area (Å²) < 4.78 is 0. The quantitative estimate of drug-likeness (QED) is 0.501. The number of aryl methyl sites for hydroxylation is 2. The Bertz CT molecular complexity index is 380. The zero-order valence-corrected chi connectivity index (χ0v) is 18.5. The highest BCUT2D eigenvalue weighted by atomic mass is 16.0. The zero-order chi connectivity index (χ0) is 19.1. The predicted octanol–water partition coefficient (Wildman–Crippen LogP) is 8.20. The van der Waals surface area contributed by atoms with Crippen molar-refractivity contribution < 1.29 is 5.48 Å². The SMILES string of the molecule is C=C(CC(CC)CC(C)C)C(C)C.CCC.Cc1ccc(C)cc1.[OH]. The molecule has 0 aliphatic heterocycles. The first-order valence-corrected chi connectivity index (χ1v) is 9.88. The summed E-state index contributed by atoms with van der Waals surface area (Å²) in [5.74, 6) is 2.33. The highest BCUT2D eigenvalue weighted by Crippen LogP contribution is 2.25. The summed E-state index contributed by atoms with van der Waals surface area (Å²) in [6.07, 6.45) is 5.12. The minimum atomic E-state index is 0. The molecule has 1 nitrogen and oxygen atoms in total. The lowest BCUT2D eigenvalue weighted by atomic mass is 9.86. The van der Waals surface area contributed by atoms with Gasteiger partial charge in [0.1, 0.15) is 0 Å². The van der Waals surface area contributed by atoms with Crippen molar-refractivity contribution in [3.63, 3.8) is 0 Å². The van der Waals surface area contributed by atoms with E-state index in [2.05, 4.69) is 93.2 Å². The Morgan fingerprint density at radius 2 is 1.24 bits per heavy atom. The zero-order valence-electron chi connectivity index (χ0n) is 18.5. The van der Waals surface area contributed by atoms with Crippen LogP contribution in [0.3, 0.4) is 0 Å². The fourth-order valence-electron chi connectivity index (χ4n) is 2.30. The first kappa shape index (κ1) is 28.7. The average molecular weight is 350 g/mol. The number of allylic oxidation sites excluding steroid dienone is 1. The second-order valence-corrected chi connectivity index (χ2v) is 7.78. The van der Waals surface area contributed by atoms with Gasteiger partial charge in [0, 0.05) is 0 Å². The molecule has 1 heteroatoms. The van der Waals surface area contributed by atoms with Crippen molar-refractivity contribution in [2.45, 2.75) is 88.0 Å². The Morgan fingerprint density at radius 1 is 0.880 bits per heavy atom.